The van der Waals surface area contributed by atoms with E-state index in [1.807, 2.05) is 6.92 Å². The van der Waals surface area contributed by atoms with Crippen LogP contribution in [0.5, 0.6) is 0 Å². The van der Waals surface area contributed by atoms with Crippen LogP contribution in [-0.4, -0.2) is 288 Å². The number of hydrogen-bond donors (Lipinski definition) is 3. The lowest BCUT2D eigenvalue weighted by molar-refractivity contribution is -0.932. The van der Waals surface area contributed by atoms with Crippen molar-refractivity contribution in [3.8, 4) is 0 Å². The van der Waals surface area contributed by atoms with Crippen LogP contribution < -0.4 is 0 Å². The van der Waals surface area contributed by atoms with Crippen LogP contribution in [0.3, 0.4) is 0 Å². The normalized spacial score (nSPS) is 43.3. The van der Waals surface area contributed by atoms with E-state index in [2.05, 4.69) is 6.92 Å². The maximum atomic E-state index is 11.2. The summed E-state index contributed by atoms with van der Waals surface area (Å²) in [6.45, 7) is 15.2. The van der Waals surface area contributed by atoms with Crippen LogP contribution in [0.15, 0.2) is 0 Å². The number of likely N-dealkylation sites (N-methyl/N-ethyl adjacent to an activating group) is 6. The summed E-state index contributed by atoms with van der Waals surface area (Å²) in [6, 6.07) is 0. The van der Waals surface area contributed by atoms with Crippen molar-refractivity contribution in [1.82, 2.24) is 0 Å². The van der Waals surface area contributed by atoms with Crippen molar-refractivity contribution in [2.75, 3.05) is 195 Å². The molecule has 0 aromatic carbocycles. The molecule has 10 rings (SSSR count). The van der Waals surface area contributed by atoms with Crippen molar-refractivity contribution in [3.63, 3.8) is 0 Å². The average molecular weight is 961 g/mol. The van der Waals surface area contributed by atoms with E-state index in [0.29, 0.717) is 91.2 Å². The molecule has 0 aromatic rings. The zero-order chi connectivity index (χ0) is 50.7. The van der Waals surface area contributed by atoms with E-state index in [-0.39, 0.29) is 80.5 Å². The van der Waals surface area contributed by atoms with Crippen LogP contribution in [0.25, 0.3) is 0 Å². The van der Waals surface area contributed by atoms with Gasteiger partial charge in [-0.15, -0.1) is 0 Å². The summed E-state index contributed by atoms with van der Waals surface area (Å²) < 4.78 is 24.7. The van der Waals surface area contributed by atoms with E-state index < -0.39 is 17.2 Å². The zero-order valence-corrected chi connectivity index (χ0v) is 41.7. The second kappa shape index (κ2) is 21.2. The zero-order valence-electron chi connectivity index (χ0n) is 41.7. The second-order valence-electron chi connectivity index (χ2n) is 22.7. The van der Waals surface area contributed by atoms with Gasteiger partial charge in [-0.05, 0) is 13.8 Å². The minimum Gasteiger partial charge on any atom is -0.633 e. The Morgan fingerprint density at radius 3 is 1.15 bits per heavy atom. The summed E-state index contributed by atoms with van der Waals surface area (Å²) in [6.07, 6.45) is 0.549. The fourth-order valence-corrected chi connectivity index (χ4v) is 9.80. The van der Waals surface area contributed by atoms with E-state index >= 15 is 0 Å². The number of rotatable bonds is 2. The van der Waals surface area contributed by atoms with Gasteiger partial charge in [0.25, 0.3) is 11.6 Å². The van der Waals surface area contributed by atoms with Gasteiger partial charge in [-0.2, -0.15) is 0 Å². The molecule has 0 saturated carbocycles. The van der Waals surface area contributed by atoms with Gasteiger partial charge in [-0.25, -0.2) is 0 Å². The van der Waals surface area contributed by atoms with Crippen molar-refractivity contribution >= 4 is 5.78 Å². The second-order valence-corrected chi connectivity index (χ2v) is 22.7. The molecule has 25 heteroatoms. The van der Waals surface area contributed by atoms with E-state index in [4.69, 9.17) is 39.0 Å². The monoisotopic (exact) mass is 961 g/mol. The molecule has 0 aliphatic carbocycles. The molecule has 1 unspecified atom stereocenters. The molecule has 1 atom stereocenters. The third-order valence-electron chi connectivity index (χ3n) is 12.3. The molecule has 0 radical (unpaired) electrons. The van der Waals surface area contributed by atoms with Gasteiger partial charge in [0.1, 0.15) is 84.6 Å². The predicted octanol–water partition coefficient (Wildman–Crippen LogP) is -1.49. The van der Waals surface area contributed by atoms with E-state index in [1.54, 1.807) is 63.4 Å². The highest BCUT2D eigenvalue weighted by Gasteiger charge is 2.57. The third kappa shape index (κ3) is 19.8. The fourth-order valence-electron chi connectivity index (χ4n) is 9.80. The van der Waals surface area contributed by atoms with E-state index in [0.717, 1.165) is 32.6 Å². The first-order valence-electron chi connectivity index (χ1n) is 22.7. The van der Waals surface area contributed by atoms with Gasteiger partial charge in [-0.3, -0.25) is 4.79 Å². The molecule has 390 valence electrons. The van der Waals surface area contributed by atoms with Crippen LogP contribution >= 0.6 is 0 Å². The van der Waals surface area contributed by atoms with Crippen molar-refractivity contribution in [1.29, 1.82) is 0 Å². The number of hydrogen-bond acceptors (Lipinski definition) is 17. The quantitative estimate of drug-likeness (QED) is 0.210. The summed E-state index contributed by atoms with van der Waals surface area (Å²) in [7, 11) is 14.6. The molecular weight excluding hydrogens is 876 g/mol. The van der Waals surface area contributed by atoms with Crippen LogP contribution in [0, 0.1) is 47.6 Å². The van der Waals surface area contributed by atoms with E-state index in [1.165, 1.54) is 7.05 Å². The number of hydroxylamine groups is 24. The summed E-state index contributed by atoms with van der Waals surface area (Å²) in [5.74, 6) is -0.416. The first-order valence-corrected chi connectivity index (χ1v) is 22.7. The van der Waals surface area contributed by atoms with Gasteiger partial charge >= 0.3 is 0 Å². The first kappa shape index (κ1) is 59.0. The summed E-state index contributed by atoms with van der Waals surface area (Å²) in [5, 5.41) is 113. The van der Waals surface area contributed by atoms with Crippen LogP contribution in [0.2, 0.25) is 0 Å². The van der Waals surface area contributed by atoms with Gasteiger partial charge in [-0.1, -0.05) is 6.92 Å². The SMILES string of the molecule is CC1(O)C[N+](C)([O-])C1.CC1C[N+](C)([O-])C1.COC1(C)C[N+](C)([O-])C1.C[N+]1([O-])CC(=O)C1.C[N+]1([O-])CC(O)C1.C[N+]1([O-])CC2(C1)OCC(CO)O2.C[N+]1([O-])CC2(C1)OCCO2.C[N+]1([O-])CCC1. The number of Topliss-reactive ketones (excluding diaryl/α,β-unsaturated/α-hetero) is 1. The maximum Gasteiger partial charge on any atom is 0.270 e. The summed E-state index contributed by atoms with van der Waals surface area (Å²) in [4.78, 5) is 10.1. The average Bonchev–Trinajstić information content (AvgIpc) is 3.68. The smallest absolute Gasteiger partial charge is 0.270 e. The number of methoxy groups -OCH3 is 1. The molecule has 0 amide bonds. The lowest BCUT2D eigenvalue weighted by Crippen LogP contribution is -2.69. The Morgan fingerprint density at radius 1 is 0.606 bits per heavy atom. The van der Waals surface area contributed by atoms with Gasteiger partial charge in [0.15, 0.2) is 17.3 Å². The molecule has 10 saturated heterocycles. The highest BCUT2D eigenvalue weighted by Crippen LogP contribution is 2.37. The Kier molecular flexibility index (Phi) is 19.0. The molecule has 3 N–H and O–H groups in total. The lowest BCUT2D eigenvalue weighted by Gasteiger charge is -2.56. The molecule has 2 spiro atoms. The summed E-state index contributed by atoms with van der Waals surface area (Å²) >= 11 is 0. The number of carbonyl (C=O) groups excluding carboxylic acids is 1. The number of carbonyl (C=O) groups is 1. The number of ether oxygens (including phenoxy) is 5. The topological polar surface area (TPSA) is 308 Å². The van der Waals surface area contributed by atoms with Gasteiger partial charge in [0.2, 0.25) is 5.78 Å². The van der Waals surface area contributed by atoms with Crippen molar-refractivity contribution < 1.29 is 81.0 Å². The third-order valence-corrected chi connectivity index (χ3v) is 12.3. The standard InChI is InChI=1S/C7H13NO4.C6H11NO3.C6H13NO2.C5H11NO2.C5H11NO.C4H9NO2.C4H7NO2.C4H9NO/c1-8(10)4-7(5-8)11-3-6(2-9)12-7;1-7(8)4-6(5-7)9-2-3-10-6;1-6(9-3)4-7(2,8)5-6;1-5(7)3-6(2,8)4-5;1-5-3-6(2,7)4-5;2*1-5(7)2-4(6)3-5;1-5(6)3-2-4-5/h6,9H,2-5H2,1H3;2-5H2,1H3;4-5H2,1-3H3;7H,3-4H2,1-2H3;5H,3-4H2,1-2H3;4,6H,2-3H2,1H3;2-3H2,1H3;2-4H2,1H3. The Bertz CT molecular complexity index is 1470. The number of nitrogens with zero attached hydrogens (tertiary/aromatic N) is 8. The van der Waals surface area contributed by atoms with Crippen molar-refractivity contribution in [2.24, 2.45) is 5.92 Å². The van der Waals surface area contributed by atoms with Crippen LogP contribution in [-0.2, 0) is 28.5 Å². The number of aliphatic hydroxyl groups excluding tert-OH is 2. The maximum absolute atomic E-state index is 11.2. The molecule has 10 aliphatic rings. The molecule has 10 heterocycles. The fraction of sp³-hybridized carbons (Fsp3) is 0.976. The van der Waals surface area contributed by atoms with Crippen LogP contribution in [0.1, 0.15) is 27.2 Å². The van der Waals surface area contributed by atoms with Crippen LogP contribution in [0.4, 0.5) is 0 Å². The molecule has 0 aromatic heterocycles. The first-order chi connectivity index (χ1) is 29.6. The Labute approximate surface area is 390 Å². The Hall–Kier alpha value is -1.29. The summed E-state index contributed by atoms with van der Waals surface area (Å²) in [5.41, 5.74) is -0.826. The highest BCUT2D eigenvalue weighted by atomic mass is 16.8. The number of aliphatic hydroxyl groups is 3. The van der Waals surface area contributed by atoms with Crippen molar-refractivity contribution in [3.05, 3.63) is 41.7 Å². The number of likely N-dealkylation sites (tertiary alicyclic amines) is 8. The van der Waals surface area contributed by atoms with Gasteiger partial charge < -0.3 is 118 Å². The highest BCUT2D eigenvalue weighted by molar-refractivity contribution is 5.84. The molecule has 10 aliphatic heterocycles. The largest absolute Gasteiger partial charge is 0.633 e. The predicted molar refractivity (Wildman–Crippen MR) is 240 cm³/mol. The van der Waals surface area contributed by atoms with Gasteiger partial charge in [0.05, 0.1) is 115 Å². The minimum atomic E-state index is -0.684. The Balaban J connectivity index is 0.000000202. The molecule has 25 nitrogen and oxygen atoms in total. The lowest BCUT2D eigenvalue weighted by atomic mass is 9.97. The number of quaternary nitrogens is 8. The molecule has 10 fully saturated rings. The molecular formula is C41H84N8O17. The van der Waals surface area contributed by atoms with E-state index in [9.17, 15) is 46.5 Å². The Morgan fingerprint density at radius 2 is 1.00 bits per heavy atom. The van der Waals surface area contributed by atoms with Crippen molar-refractivity contribution in [2.45, 2.75) is 62.2 Å². The minimum absolute atomic E-state index is 0. The molecule has 66 heavy (non-hydrogen) atoms. The van der Waals surface area contributed by atoms with Gasteiger partial charge in [0, 0.05) is 13.5 Å². The molecule has 0 bridgehead atoms. The number of ketones is 1.